The lowest BCUT2D eigenvalue weighted by Gasteiger charge is -2.22. The molecule has 2 aromatic rings. The number of rotatable bonds is 7. The fourth-order valence-electron chi connectivity index (χ4n) is 2.52. The van der Waals surface area contributed by atoms with Crippen LogP contribution in [0.1, 0.15) is 18.1 Å². The molecule has 1 heterocycles. The van der Waals surface area contributed by atoms with Gasteiger partial charge in [-0.1, -0.05) is 11.6 Å². The number of aryl methyl sites for hydroxylation is 1. The fraction of sp³-hybridized carbons (Fsp3) is 0.200. The molecule has 7 heteroatoms. The van der Waals surface area contributed by atoms with Gasteiger partial charge < -0.3 is 15.5 Å². The molecule has 2 N–H and O–H groups in total. The molecular formula is C20H22ClFN4O. The van der Waals surface area contributed by atoms with Crippen LogP contribution in [0.3, 0.4) is 0 Å². The molecule has 0 aliphatic rings. The van der Waals surface area contributed by atoms with Gasteiger partial charge in [0.2, 0.25) is 6.41 Å². The molecule has 0 bridgehead atoms. The summed E-state index contributed by atoms with van der Waals surface area (Å²) < 4.78 is 14.2. The third-order valence-electron chi connectivity index (χ3n) is 3.90. The molecule has 0 saturated heterocycles. The van der Waals surface area contributed by atoms with Crippen molar-refractivity contribution in [3.05, 3.63) is 76.2 Å². The first-order valence-corrected chi connectivity index (χ1v) is 8.64. The number of hydrogen-bond donors (Lipinski definition) is 2. The number of amides is 1. The topological polar surface area (TPSA) is 57.3 Å². The molecule has 5 nitrogen and oxygen atoms in total. The lowest BCUT2D eigenvalue weighted by molar-refractivity contribution is -0.109. The van der Waals surface area contributed by atoms with Crippen molar-refractivity contribution in [3.8, 4) is 0 Å². The first-order valence-electron chi connectivity index (χ1n) is 8.26. The summed E-state index contributed by atoms with van der Waals surface area (Å²) in [5, 5.41) is 6.43. The molecule has 0 unspecified atom stereocenters. The Morgan fingerprint density at radius 1 is 1.30 bits per heavy atom. The Balaban J connectivity index is 2.58. The van der Waals surface area contributed by atoms with Gasteiger partial charge in [0, 0.05) is 42.8 Å². The average molecular weight is 389 g/mol. The molecule has 0 saturated carbocycles. The lowest BCUT2D eigenvalue weighted by Crippen LogP contribution is -2.28. The first kappa shape index (κ1) is 20.5. The predicted octanol–water partition coefficient (Wildman–Crippen LogP) is 4.17. The molecule has 0 aliphatic heterocycles. The molecule has 1 aromatic heterocycles. The molecule has 0 atom stereocenters. The van der Waals surface area contributed by atoms with Crippen LogP contribution in [0.25, 0.3) is 5.57 Å². The number of pyridine rings is 1. The highest BCUT2D eigenvalue weighted by molar-refractivity contribution is 6.30. The number of hydrogen-bond acceptors (Lipinski definition) is 4. The van der Waals surface area contributed by atoms with Gasteiger partial charge in [0.1, 0.15) is 11.6 Å². The van der Waals surface area contributed by atoms with E-state index in [1.807, 2.05) is 13.0 Å². The maximum Gasteiger partial charge on any atom is 0.212 e. The number of benzene rings is 1. The van der Waals surface area contributed by atoms with E-state index in [1.165, 1.54) is 12.1 Å². The molecule has 1 aromatic carbocycles. The Labute approximate surface area is 163 Å². The number of carbonyl (C=O) groups excluding carboxylic acids is 1. The SMILES string of the molecule is C/C(=C\C(Nc1ccncc1C)=C(/NC=O)N(C)C)c1cc(Cl)ccc1F. The molecule has 142 valence electrons. The van der Waals surface area contributed by atoms with E-state index in [-0.39, 0.29) is 5.82 Å². The molecule has 0 radical (unpaired) electrons. The zero-order valence-corrected chi connectivity index (χ0v) is 16.4. The lowest BCUT2D eigenvalue weighted by atomic mass is 10.1. The van der Waals surface area contributed by atoms with Crippen molar-refractivity contribution in [2.75, 3.05) is 19.4 Å². The summed E-state index contributed by atoms with van der Waals surface area (Å²) in [4.78, 5) is 16.9. The maximum absolute atomic E-state index is 14.2. The number of halogens is 2. The summed E-state index contributed by atoms with van der Waals surface area (Å²) in [5.74, 6) is 0.158. The first-order chi connectivity index (χ1) is 12.8. The van der Waals surface area contributed by atoms with E-state index in [0.717, 1.165) is 11.3 Å². The van der Waals surface area contributed by atoms with Gasteiger partial charge >= 0.3 is 0 Å². The van der Waals surface area contributed by atoms with E-state index in [9.17, 15) is 9.18 Å². The van der Waals surface area contributed by atoms with E-state index in [4.69, 9.17) is 11.6 Å². The van der Waals surface area contributed by atoms with Gasteiger partial charge in [-0.05, 0) is 55.3 Å². The molecule has 0 spiro atoms. The van der Waals surface area contributed by atoms with Gasteiger partial charge in [-0.3, -0.25) is 9.78 Å². The molecule has 1 amide bonds. The molecule has 0 aliphatic carbocycles. The average Bonchev–Trinajstić information content (AvgIpc) is 2.62. The van der Waals surface area contributed by atoms with Gasteiger partial charge in [0.25, 0.3) is 0 Å². The largest absolute Gasteiger partial charge is 0.363 e. The second-order valence-corrected chi connectivity index (χ2v) is 6.62. The van der Waals surface area contributed by atoms with Crippen molar-refractivity contribution in [3.63, 3.8) is 0 Å². The summed E-state index contributed by atoms with van der Waals surface area (Å²) in [6.07, 6.45) is 5.76. The number of carbonyl (C=O) groups is 1. The van der Waals surface area contributed by atoms with Crippen molar-refractivity contribution in [1.82, 2.24) is 15.2 Å². The van der Waals surface area contributed by atoms with Gasteiger partial charge in [-0.15, -0.1) is 0 Å². The maximum atomic E-state index is 14.2. The quantitative estimate of drug-likeness (QED) is 0.552. The highest BCUT2D eigenvalue weighted by Gasteiger charge is 2.12. The number of allylic oxidation sites excluding steroid dienone is 2. The second kappa shape index (κ2) is 9.19. The normalized spacial score (nSPS) is 12.3. The number of nitrogens with one attached hydrogen (secondary N) is 2. The monoisotopic (exact) mass is 388 g/mol. The summed E-state index contributed by atoms with van der Waals surface area (Å²) in [5.41, 5.74) is 3.38. The van der Waals surface area contributed by atoms with Gasteiger partial charge in [0.15, 0.2) is 0 Å². The van der Waals surface area contributed by atoms with Crippen molar-refractivity contribution < 1.29 is 9.18 Å². The van der Waals surface area contributed by atoms with Crippen molar-refractivity contribution in [2.45, 2.75) is 13.8 Å². The summed E-state index contributed by atoms with van der Waals surface area (Å²) in [6.45, 7) is 3.70. The second-order valence-electron chi connectivity index (χ2n) is 6.19. The molecule has 0 fully saturated rings. The van der Waals surface area contributed by atoms with Gasteiger partial charge in [0.05, 0.1) is 5.70 Å². The Hall–Kier alpha value is -2.86. The van der Waals surface area contributed by atoms with Crippen LogP contribution in [0.2, 0.25) is 5.02 Å². The van der Waals surface area contributed by atoms with Crippen LogP contribution in [0.4, 0.5) is 10.1 Å². The molecule has 2 rings (SSSR count). The summed E-state index contributed by atoms with van der Waals surface area (Å²) in [7, 11) is 3.60. The number of aromatic nitrogens is 1. The third kappa shape index (κ3) is 5.31. The number of nitrogens with zero attached hydrogens (tertiary/aromatic N) is 2. The summed E-state index contributed by atoms with van der Waals surface area (Å²) in [6, 6.07) is 6.23. The minimum Gasteiger partial charge on any atom is -0.363 e. The smallest absolute Gasteiger partial charge is 0.212 e. The molecular weight excluding hydrogens is 367 g/mol. The van der Waals surface area contributed by atoms with Crippen molar-refractivity contribution >= 4 is 29.3 Å². The fourth-order valence-corrected chi connectivity index (χ4v) is 2.69. The minimum absolute atomic E-state index is 0.373. The Kier molecular flexibility index (Phi) is 6.96. The van der Waals surface area contributed by atoms with E-state index in [2.05, 4.69) is 15.6 Å². The standard InChI is InChI=1S/C20H22ClFN4O/c1-13(16-10-15(21)5-6-17(16)22)9-19(20(24-12-27)26(3)4)25-18-7-8-23-11-14(18)2/h5-12H,1-4H3,(H,23,25)(H,24,27)/b13-9+,20-19-. The van der Waals surface area contributed by atoms with E-state index < -0.39 is 0 Å². The highest BCUT2D eigenvalue weighted by atomic mass is 35.5. The van der Waals surface area contributed by atoms with Gasteiger partial charge in [-0.2, -0.15) is 0 Å². The van der Waals surface area contributed by atoms with Crippen molar-refractivity contribution in [2.24, 2.45) is 0 Å². The summed E-state index contributed by atoms with van der Waals surface area (Å²) >= 11 is 6.02. The van der Waals surface area contributed by atoms with Crippen LogP contribution in [-0.2, 0) is 4.79 Å². The Bertz CT molecular complexity index is 893. The zero-order chi connectivity index (χ0) is 20.0. The van der Waals surface area contributed by atoms with Crippen LogP contribution < -0.4 is 10.6 Å². The zero-order valence-electron chi connectivity index (χ0n) is 15.7. The van der Waals surface area contributed by atoms with Crippen LogP contribution >= 0.6 is 11.6 Å². The van der Waals surface area contributed by atoms with Crippen LogP contribution in [0.5, 0.6) is 0 Å². The van der Waals surface area contributed by atoms with Crippen LogP contribution in [0, 0.1) is 12.7 Å². The van der Waals surface area contributed by atoms with Crippen LogP contribution in [-0.4, -0.2) is 30.4 Å². The molecule has 27 heavy (non-hydrogen) atoms. The highest BCUT2D eigenvalue weighted by Crippen LogP contribution is 2.25. The van der Waals surface area contributed by atoms with Gasteiger partial charge in [-0.25, -0.2) is 4.39 Å². The van der Waals surface area contributed by atoms with E-state index in [1.54, 1.807) is 50.5 Å². The van der Waals surface area contributed by atoms with E-state index in [0.29, 0.717) is 34.1 Å². The Morgan fingerprint density at radius 2 is 2.04 bits per heavy atom. The van der Waals surface area contributed by atoms with Crippen molar-refractivity contribution in [1.29, 1.82) is 0 Å². The Morgan fingerprint density at radius 3 is 2.67 bits per heavy atom. The predicted molar refractivity (Wildman–Crippen MR) is 108 cm³/mol. The minimum atomic E-state index is -0.373. The van der Waals surface area contributed by atoms with Crippen LogP contribution in [0.15, 0.2) is 54.3 Å². The third-order valence-corrected chi connectivity index (χ3v) is 4.14. The van der Waals surface area contributed by atoms with E-state index >= 15 is 0 Å². The number of anilines is 1.